The number of amides is 3. The maximum absolute atomic E-state index is 12.8. The van der Waals surface area contributed by atoms with Crippen LogP contribution in [0, 0.1) is 17.8 Å². The van der Waals surface area contributed by atoms with E-state index in [2.05, 4.69) is 16.7 Å². The smallest absolute Gasteiger partial charge is 0.409 e. The van der Waals surface area contributed by atoms with Gasteiger partial charge in [0.2, 0.25) is 0 Å². The van der Waals surface area contributed by atoms with Crippen LogP contribution < -0.4 is 10.6 Å². The van der Waals surface area contributed by atoms with Gasteiger partial charge in [0.05, 0.1) is 7.11 Å². The van der Waals surface area contributed by atoms with E-state index in [1.54, 1.807) is 4.90 Å². The molecule has 0 atom stereocenters. The Morgan fingerprint density at radius 3 is 2.39 bits per heavy atom. The number of anilines is 1. The van der Waals surface area contributed by atoms with E-state index in [1.165, 1.54) is 31.9 Å². The Kier molecular flexibility index (Phi) is 4.25. The molecule has 150 valence electrons. The number of hydrogen-bond acceptors (Lipinski definition) is 3. The predicted molar refractivity (Wildman–Crippen MR) is 106 cm³/mol. The molecule has 0 radical (unpaired) electrons. The molecule has 4 aliphatic carbocycles. The van der Waals surface area contributed by atoms with Crippen molar-refractivity contribution in [3.05, 3.63) is 29.3 Å². The molecule has 6 rings (SSSR count). The van der Waals surface area contributed by atoms with E-state index >= 15 is 0 Å². The lowest BCUT2D eigenvalue weighted by molar-refractivity contribution is -0.0127. The second-order valence-electron chi connectivity index (χ2n) is 9.40. The van der Waals surface area contributed by atoms with Crippen molar-refractivity contribution in [2.75, 3.05) is 19.0 Å². The Morgan fingerprint density at radius 1 is 1.07 bits per heavy atom. The average molecular weight is 383 g/mol. The molecule has 0 saturated heterocycles. The second kappa shape index (κ2) is 6.68. The van der Waals surface area contributed by atoms with Crippen LogP contribution in [0.2, 0.25) is 0 Å². The van der Waals surface area contributed by atoms with Crippen molar-refractivity contribution in [3.63, 3.8) is 0 Å². The summed E-state index contributed by atoms with van der Waals surface area (Å²) in [5.74, 6) is 2.42. The zero-order valence-electron chi connectivity index (χ0n) is 16.5. The van der Waals surface area contributed by atoms with Crippen molar-refractivity contribution in [2.24, 2.45) is 17.8 Å². The van der Waals surface area contributed by atoms with Gasteiger partial charge in [0.15, 0.2) is 0 Å². The van der Waals surface area contributed by atoms with Crippen molar-refractivity contribution in [1.29, 1.82) is 0 Å². The highest BCUT2D eigenvalue weighted by molar-refractivity contribution is 5.90. The van der Waals surface area contributed by atoms with Gasteiger partial charge in [-0.3, -0.25) is 0 Å². The molecular formula is C22H29N3O3. The van der Waals surface area contributed by atoms with Crippen LogP contribution >= 0.6 is 0 Å². The van der Waals surface area contributed by atoms with Crippen LogP contribution in [0.1, 0.15) is 49.7 Å². The molecule has 4 fully saturated rings. The number of methoxy groups -OCH3 is 1. The van der Waals surface area contributed by atoms with Gasteiger partial charge >= 0.3 is 12.1 Å². The summed E-state index contributed by atoms with van der Waals surface area (Å²) in [6.45, 7) is 1.19. The fourth-order valence-corrected chi connectivity index (χ4v) is 6.59. The highest BCUT2D eigenvalue weighted by Gasteiger charge is 2.51. The topological polar surface area (TPSA) is 70.7 Å². The Morgan fingerprint density at radius 2 is 1.75 bits per heavy atom. The number of rotatable bonds is 2. The SMILES string of the molecule is COC(=O)N1CCc2ccc(NC(=O)NC34CC5CC(CC(C5)C3)C4)cc2C1. The summed E-state index contributed by atoms with van der Waals surface area (Å²) in [7, 11) is 1.41. The first-order valence-electron chi connectivity index (χ1n) is 10.6. The molecule has 2 N–H and O–H groups in total. The molecule has 28 heavy (non-hydrogen) atoms. The van der Waals surface area contributed by atoms with Crippen LogP contribution in [0.5, 0.6) is 0 Å². The summed E-state index contributed by atoms with van der Waals surface area (Å²) in [6, 6.07) is 5.92. The van der Waals surface area contributed by atoms with E-state index < -0.39 is 0 Å². The molecule has 0 spiro atoms. The van der Waals surface area contributed by atoms with Gasteiger partial charge in [0.1, 0.15) is 0 Å². The standard InChI is InChI=1S/C22H29N3O3/c1-28-21(27)25-5-4-17-2-3-19(9-18(17)13-25)23-20(26)24-22-10-14-6-15(11-22)8-16(7-14)12-22/h2-3,9,14-16H,4-8,10-13H2,1H3,(H2,23,24,26). The lowest BCUT2D eigenvalue weighted by Gasteiger charge is -2.56. The molecule has 0 aromatic heterocycles. The Bertz CT molecular complexity index is 771. The first-order chi connectivity index (χ1) is 13.5. The van der Waals surface area contributed by atoms with Crippen LogP contribution in [-0.4, -0.2) is 36.2 Å². The van der Waals surface area contributed by atoms with Gasteiger partial charge in [-0.25, -0.2) is 9.59 Å². The Hall–Kier alpha value is -2.24. The lowest BCUT2D eigenvalue weighted by atomic mass is 9.53. The molecule has 0 unspecified atom stereocenters. The van der Waals surface area contributed by atoms with E-state index in [9.17, 15) is 9.59 Å². The molecular weight excluding hydrogens is 354 g/mol. The van der Waals surface area contributed by atoms with Gasteiger partial charge in [-0.1, -0.05) is 6.07 Å². The van der Waals surface area contributed by atoms with Crippen LogP contribution in [0.25, 0.3) is 0 Å². The largest absolute Gasteiger partial charge is 0.453 e. The van der Waals surface area contributed by atoms with E-state index in [0.717, 1.165) is 54.7 Å². The predicted octanol–water partition coefficient (Wildman–Crippen LogP) is 3.90. The minimum Gasteiger partial charge on any atom is -0.453 e. The molecule has 6 heteroatoms. The zero-order valence-corrected chi connectivity index (χ0v) is 16.5. The fraction of sp³-hybridized carbons (Fsp3) is 0.636. The number of ether oxygens (including phenoxy) is 1. The van der Waals surface area contributed by atoms with Gasteiger partial charge in [-0.2, -0.15) is 0 Å². The molecule has 1 aromatic rings. The summed E-state index contributed by atoms with van der Waals surface area (Å²) < 4.78 is 4.84. The highest BCUT2D eigenvalue weighted by atomic mass is 16.5. The average Bonchev–Trinajstić information content (AvgIpc) is 2.65. The maximum Gasteiger partial charge on any atom is 0.409 e. The fourth-order valence-electron chi connectivity index (χ4n) is 6.59. The third-order valence-corrected chi connectivity index (χ3v) is 7.33. The van der Waals surface area contributed by atoms with E-state index in [-0.39, 0.29) is 17.7 Å². The van der Waals surface area contributed by atoms with Gasteiger partial charge in [-0.15, -0.1) is 0 Å². The van der Waals surface area contributed by atoms with Gasteiger partial charge in [0, 0.05) is 24.3 Å². The van der Waals surface area contributed by atoms with Crippen molar-refractivity contribution in [3.8, 4) is 0 Å². The Balaban J connectivity index is 1.25. The summed E-state index contributed by atoms with van der Waals surface area (Å²) in [6.07, 6.45) is 8.03. The Labute approximate surface area is 166 Å². The molecule has 4 saturated carbocycles. The number of fused-ring (bicyclic) bond motifs is 1. The molecule has 1 heterocycles. The summed E-state index contributed by atoms with van der Waals surface area (Å²) >= 11 is 0. The van der Waals surface area contributed by atoms with Crippen LogP contribution in [0.15, 0.2) is 18.2 Å². The normalized spacial score (nSPS) is 32.6. The van der Waals surface area contributed by atoms with Crippen LogP contribution in [0.3, 0.4) is 0 Å². The first kappa shape index (κ1) is 17.8. The molecule has 4 bridgehead atoms. The number of nitrogens with one attached hydrogen (secondary N) is 2. The van der Waals surface area contributed by atoms with E-state index in [0.29, 0.717) is 13.1 Å². The van der Waals surface area contributed by atoms with Crippen molar-refractivity contribution in [2.45, 2.75) is 57.0 Å². The summed E-state index contributed by atoms with van der Waals surface area (Å²) in [4.78, 5) is 26.3. The van der Waals surface area contributed by atoms with E-state index in [4.69, 9.17) is 4.74 Å². The van der Waals surface area contributed by atoms with E-state index in [1.807, 2.05) is 12.1 Å². The number of hydrogen-bond donors (Lipinski definition) is 2. The van der Waals surface area contributed by atoms with Crippen molar-refractivity contribution < 1.29 is 14.3 Å². The molecule has 3 amide bonds. The minimum absolute atomic E-state index is 0.00866. The minimum atomic E-state index is -0.302. The van der Waals surface area contributed by atoms with Crippen LogP contribution in [-0.2, 0) is 17.7 Å². The quantitative estimate of drug-likeness (QED) is 0.814. The molecule has 1 aliphatic heterocycles. The van der Waals surface area contributed by atoms with Crippen LogP contribution in [0.4, 0.5) is 15.3 Å². The lowest BCUT2D eigenvalue weighted by Crippen LogP contribution is -2.60. The van der Waals surface area contributed by atoms with Gasteiger partial charge < -0.3 is 20.3 Å². The molecule has 5 aliphatic rings. The first-order valence-corrected chi connectivity index (χ1v) is 10.6. The number of benzene rings is 1. The zero-order chi connectivity index (χ0) is 19.3. The number of carbonyl (C=O) groups excluding carboxylic acids is 2. The summed E-state index contributed by atoms with van der Waals surface area (Å²) in [5, 5.41) is 6.39. The number of carbonyl (C=O) groups is 2. The van der Waals surface area contributed by atoms with Gasteiger partial charge in [0.25, 0.3) is 0 Å². The van der Waals surface area contributed by atoms with Crippen molar-refractivity contribution >= 4 is 17.8 Å². The third-order valence-electron chi connectivity index (χ3n) is 7.33. The highest BCUT2D eigenvalue weighted by Crippen LogP contribution is 2.55. The molecule has 1 aromatic carbocycles. The van der Waals surface area contributed by atoms with Crippen molar-refractivity contribution in [1.82, 2.24) is 10.2 Å². The maximum atomic E-state index is 12.8. The van der Waals surface area contributed by atoms with Gasteiger partial charge in [-0.05, 0) is 86.0 Å². The monoisotopic (exact) mass is 383 g/mol. The number of nitrogens with zero attached hydrogens (tertiary/aromatic N) is 1. The summed E-state index contributed by atoms with van der Waals surface area (Å²) in [5.41, 5.74) is 3.10. The second-order valence-corrected chi connectivity index (χ2v) is 9.40. The number of urea groups is 1. The molecule has 6 nitrogen and oxygen atoms in total. The third kappa shape index (κ3) is 3.23.